The van der Waals surface area contributed by atoms with Crippen molar-refractivity contribution in [2.45, 2.75) is 6.92 Å². The van der Waals surface area contributed by atoms with Gasteiger partial charge < -0.3 is 10.1 Å². The first-order chi connectivity index (χ1) is 12.6. The molecular weight excluding hydrogens is 326 g/mol. The number of hydrogen-bond acceptors (Lipinski definition) is 3. The standard InChI is InChI=1S/C22H19NO3/c1-16-9-11-17(12-10-16)13-14-22(25)26-15-21(24)23-20-8-4-6-18-5-2-3-7-19(18)20/h2-14H,15H2,1H3,(H,23,24). The first-order valence-corrected chi connectivity index (χ1v) is 8.31. The smallest absolute Gasteiger partial charge is 0.331 e. The number of carbonyl (C=O) groups excluding carboxylic acids is 2. The molecule has 0 heterocycles. The van der Waals surface area contributed by atoms with E-state index in [1.165, 1.54) is 6.08 Å². The Hall–Kier alpha value is -3.40. The van der Waals surface area contributed by atoms with E-state index in [-0.39, 0.29) is 12.5 Å². The Kier molecular flexibility index (Phi) is 5.44. The van der Waals surface area contributed by atoms with Gasteiger partial charge in [0, 0.05) is 17.1 Å². The van der Waals surface area contributed by atoms with Crippen molar-refractivity contribution in [2.75, 3.05) is 11.9 Å². The second kappa shape index (κ2) is 8.12. The van der Waals surface area contributed by atoms with E-state index in [1.807, 2.05) is 73.7 Å². The van der Waals surface area contributed by atoms with Gasteiger partial charge in [-0.25, -0.2) is 4.79 Å². The van der Waals surface area contributed by atoms with Crippen molar-refractivity contribution >= 4 is 34.4 Å². The highest BCUT2D eigenvalue weighted by Gasteiger charge is 2.07. The molecular formula is C22H19NO3. The van der Waals surface area contributed by atoms with Crippen molar-refractivity contribution in [1.82, 2.24) is 0 Å². The molecule has 0 saturated heterocycles. The molecule has 4 nitrogen and oxygen atoms in total. The van der Waals surface area contributed by atoms with Crippen LogP contribution in [0.5, 0.6) is 0 Å². The van der Waals surface area contributed by atoms with Gasteiger partial charge in [0.05, 0.1) is 0 Å². The maximum atomic E-state index is 12.1. The molecule has 0 aliphatic carbocycles. The van der Waals surface area contributed by atoms with Gasteiger partial charge in [-0.15, -0.1) is 0 Å². The van der Waals surface area contributed by atoms with Crippen LogP contribution in [0.1, 0.15) is 11.1 Å². The fourth-order valence-corrected chi connectivity index (χ4v) is 2.55. The van der Waals surface area contributed by atoms with Gasteiger partial charge in [-0.05, 0) is 30.0 Å². The first kappa shape index (κ1) is 17.4. The summed E-state index contributed by atoms with van der Waals surface area (Å²) in [5, 5.41) is 4.75. The molecule has 130 valence electrons. The molecule has 0 bridgehead atoms. The molecule has 26 heavy (non-hydrogen) atoms. The van der Waals surface area contributed by atoms with E-state index >= 15 is 0 Å². The second-order valence-corrected chi connectivity index (χ2v) is 5.93. The Morgan fingerprint density at radius 1 is 0.962 bits per heavy atom. The monoisotopic (exact) mass is 345 g/mol. The molecule has 0 atom stereocenters. The SMILES string of the molecule is Cc1ccc(C=CC(=O)OCC(=O)Nc2cccc3ccccc23)cc1. The maximum absolute atomic E-state index is 12.1. The highest BCUT2D eigenvalue weighted by atomic mass is 16.5. The number of esters is 1. The van der Waals surface area contributed by atoms with E-state index < -0.39 is 5.97 Å². The van der Waals surface area contributed by atoms with E-state index in [1.54, 1.807) is 6.08 Å². The molecule has 0 spiro atoms. The number of rotatable bonds is 5. The first-order valence-electron chi connectivity index (χ1n) is 8.31. The summed E-state index contributed by atoms with van der Waals surface area (Å²) < 4.78 is 5.00. The molecule has 1 amide bonds. The topological polar surface area (TPSA) is 55.4 Å². The van der Waals surface area contributed by atoms with Gasteiger partial charge in [0.2, 0.25) is 0 Å². The van der Waals surface area contributed by atoms with Crippen LogP contribution in [0.3, 0.4) is 0 Å². The minimum absolute atomic E-state index is 0.333. The van der Waals surface area contributed by atoms with Crippen LogP contribution in [0.4, 0.5) is 5.69 Å². The zero-order valence-corrected chi connectivity index (χ0v) is 14.4. The van der Waals surface area contributed by atoms with E-state index in [2.05, 4.69) is 5.32 Å². The third kappa shape index (κ3) is 4.57. The predicted octanol–water partition coefficient (Wildman–Crippen LogP) is 4.34. The van der Waals surface area contributed by atoms with Crippen molar-refractivity contribution in [2.24, 2.45) is 0 Å². The fourth-order valence-electron chi connectivity index (χ4n) is 2.55. The summed E-state index contributed by atoms with van der Waals surface area (Å²) in [5.74, 6) is -0.933. The summed E-state index contributed by atoms with van der Waals surface area (Å²) >= 11 is 0. The van der Waals surface area contributed by atoms with Gasteiger partial charge in [-0.1, -0.05) is 66.2 Å². The minimum atomic E-state index is -0.557. The molecule has 1 N–H and O–H groups in total. The number of hydrogen-bond donors (Lipinski definition) is 1. The normalized spacial score (nSPS) is 10.8. The molecule has 0 radical (unpaired) electrons. The fraction of sp³-hybridized carbons (Fsp3) is 0.0909. The summed E-state index contributed by atoms with van der Waals surface area (Å²) in [4.78, 5) is 23.8. The van der Waals surface area contributed by atoms with Crippen molar-refractivity contribution in [1.29, 1.82) is 0 Å². The lowest BCUT2D eigenvalue weighted by Gasteiger charge is -2.08. The van der Waals surface area contributed by atoms with Gasteiger partial charge in [-0.3, -0.25) is 4.79 Å². The molecule has 3 aromatic carbocycles. The lowest BCUT2D eigenvalue weighted by molar-refractivity contribution is -0.142. The average Bonchev–Trinajstić information content (AvgIpc) is 2.66. The lowest BCUT2D eigenvalue weighted by atomic mass is 10.1. The minimum Gasteiger partial charge on any atom is -0.452 e. The molecule has 0 aliphatic rings. The van der Waals surface area contributed by atoms with E-state index in [4.69, 9.17) is 4.74 Å². The highest BCUT2D eigenvalue weighted by molar-refractivity contribution is 6.03. The van der Waals surface area contributed by atoms with Crippen molar-refractivity contribution in [3.63, 3.8) is 0 Å². The molecule has 0 aromatic heterocycles. The van der Waals surface area contributed by atoms with Gasteiger partial charge in [0.25, 0.3) is 5.91 Å². The Morgan fingerprint density at radius 3 is 2.50 bits per heavy atom. The summed E-state index contributed by atoms with van der Waals surface area (Å²) in [6.07, 6.45) is 2.97. The van der Waals surface area contributed by atoms with Crippen LogP contribution in [-0.4, -0.2) is 18.5 Å². The van der Waals surface area contributed by atoms with Crippen LogP contribution in [0.15, 0.2) is 72.8 Å². The Balaban J connectivity index is 1.55. The van der Waals surface area contributed by atoms with Crippen LogP contribution in [0.2, 0.25) is 0 Å². The lowest BCUT2D eigenvalue weighted by Crippen LogP contribution is -2.20. The van der Waals surface area contributed by atoms with Crippen LogP contribution in [0.25, 0.3) is 16.8 Å². The van der Waals surface area contributed by atoms with E-state index in [0.717, 1.165) is 21.9 Å². The molecule has 0 unspecified atom stereocenters. The average molecular weight is 345 g/mol. The number of nitrogens with one attached hydrogen (secondary N) is 1. The van der Waals surface area contributed by atoms with E-state index in [9.17, 15) is 9.59 Å². The van der Waals surface area contributed by atoms with Crippen molar-refractivity contribution in [3.8, 4) is 0 Å². The number of fused-ring (bicyclic) bond motifs is 1. The Labute approximate surface area is 152 Å². The number of aryl methyl sites for hydroxylation is 1. The van der Waals surface area contributed by atoms with Crippen molar-refractivity contribution in [3.05, 3.63) is 83.9 Å². The largest absolute Gasteiger partial charge is 0.452 e. The van der Waals surface area contributed by atoms with Gasteiger partial charge in [-0.2, -0.15) is 0 Å². The quantitative estimate of drug-likeness (QED) is 0.553. The van der Waals surface area contributed by atoms with Crippen LogP contribution < -0.4 is 5.32 Å². The number of anilines is 1. The Morgan fingerprint density at radius 2 is 1.69 bits per heavy atom. The highest BCUT2D eigenvalue weighted by Crippen LogP contribution is 2.22. The number of benzene rings is 3. The molecule has 0 aliphatic heterocycles. The third-order valence-corrected chi connectivity index (χ3v) is 3.90. The van der Waals surface area contributed by atoms with Gasteiger partial charge in [0.1, 0.15) is 0 Å². The summed E-state index contributed by atoms with van der Waals surface area (Å²) in [5.41, 5.74) is 2.74. The molecule has 3 aromatic rings. The second-order valence-electron chi connectivity index (χ2n) is 5.93. The summed E-state index contributed by atoms with van der Waals surface area (Å²) in [6, 6.07) is 21.2. The zero-order chi connectivity index (χ0) is 18.4. The number of ether oxygens (including phenoxy) is 1. The van der Waals surface area contributed by atoms with Crippen LogP contribution >= 0.6 is 0 Å². The molecule has 4 heteroatoms. The van der Waals surface area contributed by atoms with Crippen LogP contribution in [-0.2, 0) is 14.3 Å². The predicted molar refractivity (Wildman–Crippen MR) is 104 cm³/mol. The molecule has 3 rings (SSSR count). The molecule has 0 saturated carbocycles. The Bertz CT molecular complexity index is 953. The number of carbonyl (C=O) groups is 2. The number of amides is 1. The van der Waals surface area contributed by atoms with E-state index in [0.29, 0.717) is 5.69 Å². The molecule has 0 fully saturated rings. The van der Waals surface area contributed by atoms with Crippen LogP contribution in [0, 0.1) is 6.92 Å². The third-order valence-electron chi connectivity index (χ3n) is 3.90. The zero-order valence-electron chi connectivity index (χ0n) is 14.4. The maximum Gasteiger partial charge on any atom is 0.331 e. The van der Waals surface area contributed by atoms with Crippen molar-refractivity contribution < 1.29 is 14.3 Å². The summed E-state index contributed by atoms with van der Waals surface area (Å²) in [6.45, 7) is 1.66. The van der Waals surface area contributed by atoms with Gasteiger partial charge in [0.15, 0.2) is 6.61 Å². The van der Waals surface area contributed by atoms with Gasteiger partial charge >= 0.3 is 5.97 Å². The summed E-state index contributed by atoms with van der Waals surface area (Å²) in [7, 11) is 0.